The Kier molecular flexibility index (Phi) is 6.59. The average Bonchev–Trinajstić information content (AvgIpc) is 3.14. The lowest BCUT2D eigenvalue weighted by atomic mass is 9.85. The van der Waals surface area contributed by atoms with Crippen LogP contribution in [-0.4, -0.2) is 49.0 Å². The molecule has 0 saturated carbocycles. The second-order valence-corrected chi connectivity index (χ2v) is 7.47. The average molecular weight is 474 g/mol. The standard InChI is InChI=1S/C21H19F5N2O5/c1-20(21(24,25)26)9-12(11-4-5-13(22)15(23)16(11)31-2)17(33-20)18(29)28-10-6-7-27-14(8-10)19(30)32-3/h4-8,12,17H,9H2,1-3H3,(H,27,28,29). The van der Waals surface area contributed by atoms with Crippen LogP contribution in [0.25, 0.3) is 0 Å². The molecule has 1 aromatic heterocycles. The summed E-state index contributed by atoms with van der Waals surface area (Å²) in [6.45, 7) is 0.765. The maximum Gasteiger partial charge on any atom is 0.417 e. The van der Waals surface area contributed by atoms with Gasteiger partial charge < -0.3 is 19.5 Å². The summed E-state index contributed by atoms with van der Waals surface area (Å²) in [5.41, 5.74) is -3.02. The number of carbonyl (C=O) groups excluding carboxylic acids is 2. The van der Waals surface area contributed by atoms with E-state index in [-0.39, 0.29) is 16.9 Å². The van der Waals surface area contributed by atoms with Crippen molar-refractivity contribution >= 4 is 17.6 Å². The number of amides is 1. The number of hydrogen-bond donors (Lipinski definition) is 1. The lowest BCUT2D eigenvalue weighted by Gasteiger charge is -2.27. The zero-order valence-corrected chi connectivity index (χ0v) is 17.6. The Morgan fingerprint density at radius 1 is 1.21 bits per heavy atom. The molecule has 3 atom stereocenters. The lowest BCUT2D eigenvalue weighted by molar-refractivity contribution is -0.261. The molecule has 2 heterocycles. The topological polar surface area (TPSA) is 86.8 Å². The number of pyridine rings is 1. The van der Waals surface area contributed by atoms with Gasteiger partial charge >= 0.3 is 12.1 Å². The van der Waals surface area contributed by atoms with Crippen LogP contribution in [-0.2, 0) is 14.3 Å². The summed E-state index contributed by atoms with van der Waals surface area (Å²) < 4.78 is 83.7. The largest absolute Gasteiger partial charge is 0.493 e. The van der Waals surface area contributed by atoms with Crippen molar-refractivity contribution in [2.24, 2.45) is 0 Å². The van der Waals surface area contributed by atoms with Crippen LogP contribution in [0.5, 0.6) is 5.75 Å². The van der Waals surface area contributed by atoms with Gasteiger partial charge in [-0.3, -0.25) is 4.79 Å². The second kappa shape index (κ2) is 8.93. The van der Waals surface area contributed by atoms with Crippen LogP contribution >= 0.6 is 0 Å². The van der Waals surface area contributed by atoms with Crippen LogP contribution in [0.15, 0.2) is 30.5 Å². The number of nitrogens with one attached hydrogen (secondary N) is 1. The van der Waals surface area contributed by atoms with E-state index in [0.29, 0.717) is 0 Å². The first-order chi connectivity index (χ1) is 15.4. The molecule has 2 aromatic rings. The Bertz CT molecular complexity index is 1080. The molecule has 12 heteroatoms. The third kappa shape index (κ3) is 4.61. The number of carbonyl (C=O) groups is 2. The van der Waals surface area contributed by atoms with Crippen molar-refractivity contribution in [3.05, 3.63) is 53.4 Å². The van der Waals surface area contributed by atoms with E-state index in [0.717, 1.165) is 39.3 Å². The van der Waals surface area contributed by atoms with Crippen LogP contribution < -0.4 is 10.1 Å². The number of esters is 1. The summed E-state index contributed by atoms with van der Waals surface area (Å²) in [4.78, 5) is 28.4. The molecule has 33 heavy (non-hydrogen) atoms. The molecule has 7 nitrogen and oxygen atoms in total. The van der Waals surface area contributed by atoms with Gasteiger partial charge in [-0.25, -0.2) is 14.2 Å². The van der Waals surface area contributed by atoms with Crippen molar-refractivity contribution in [3.8, 4) is 5.75 Å². The van der Waals surface area contributed by atoms with Crippen molar-refractivity contribution < 1.29 is 45.8 Å². The number of methoxy groups -OCH3 is 2. The molecule has 1 aliphatic heterocycles. The van der Waals surface area contributed by atoms with Gasteiger partial charge in [-0.2, -0.15) is 17.6 Å². The summed E-state index contributed by atoms with van der Waals surface area (Å²) in [5.74, 6) is -6.40. The zero-order chi connectivity index (χ0) is 24.6. The van der Waals surface area contributed by atoms with Gasteiger partial charge in [0.05, 0.1) is 14.2 Å². The van der Waals surface area contributed by atoms with E-state index in [1.54, 1.807) is 0 Å². The SMILES string of the molecule is COC(=O)c1cc(NC(=O)C2OC(C)(C(F)(F)F)CC2c2ccc(F)c(F)c2OC)ccn1. The van der Waals surface area contributed by atoms with Crippen LogP contribution in [0.4, 0.5) is 27.6 Å². The predicted octanol–water partition coefficient (Wildman–Crippen LogP) is 3.99. The number of anilines is 1. The number of ether oxygens (including phenoxy) is 3. The molecule has 0 bridgehead atoms. The first-order valence-electron chi connectivity index (χ1n) is 9.53. The van der Waals surface area contributed by atoms with Crippen molar-refractivity contribution in [2.45, 2.75) is 37.1 Å². The lowest BCUT2D eigenvalue weighted by Crippen LogP contribution is -2.43. The molecule has 1 N–H and O–H groups in total. The van der Waals surface area contributed by atoms with Gasteiger partial charge in [0.1, 0.15) is 11.8 Å². The smallest absolute Gasteiger partial charge is 0.417 e. The number of alkyl halides is 3. The number of nitrogens with zero attached hydrogens (tertiary/aromatic N) is 1. The summed E-state index contributed by atoms with van der Waals surface area (Å²) in [7, 11) is 2.15. The third-order valence-corrected chi connectivity index (χ3v) is 5.33. The van der Waals surface area contributed by atoms with Crippen molar-refractivity contribution in [1.29, 1.82) is 0 Å². The maximum atomic E-state index is 14.3. The van der Waals surface area contributed by atoms with Crippen LogP contribution in [0.1, 0.15) is 35.3 Å². The molecule has 3 unspecified atom stereocenters. The summed E-state index contributed by atoms with van der Waals surface area (Å²) in [6.07, 6.45) is -6.17. The fourth-order valence-corrected chi connectivity index (χ4v) is 3.61. The second-order valence-electron chi connectivity index (χ2n) is 7.47. The summed E-state index contributed by atoms with van der Waals surface area (Å²) in [6, 6.07) is 4.25. The molecule has 1 aliphatic rings. The van der Waals surface area contributed by atoms with Gasteiger partial charge in [-0.15, -0.1) is 0 Å². The van der Waals surface area contributed by atoms with Crippen LogP contribution in [0.3, 0.4) is 0 Å². The molecule has 0 aliphatic carbocycles. The molecule has 3 rings (SSSR count). The molecule has 178 valence electrons. The Labute approximate surface area is 184 Å². The molecule has 1 aromatic carbocycles. The van der Waals surface area contributed by atoms with E-state index >= 15 is 0 Å². The number of benzene rings is 1. The highest BCUT2D eigenvalue weighted by molar-refractivity contribution is 5.96. The Morgan fingerprint density at radius 3 is 2.52 bits per heavy atom. The van der Waals surface area contributed by atoms with Gasteiger partial charge in [0, 0.05) is 23.4 Å². The fourth-order valence-electron chi connectivity index (χ4n) is 3.61. The highest BCUT2D eigenvalue weighted by Crippen LogP contribution is 2.51. The van der Waals surface area contributed by atoms with Crippen molar-refractivity contribution in [1.82, 2.24) is 4.98 Å². The van der Waals surface area contributed by atoms with E-state index in [2.05, 4.69) is 15.0 Å². The minimum Gasteiger partial charge on any atom is -0.493 e. The van der Waals surface area contributed by atoms with Crippen molar-refractivity contribution in [2.75, 3.05) is 19.5 Å². The maximum absolute atomic E-state index is 14.3. The first-order valence-corrected chi connectivity index (χ1v) is 9.53. The van der Waals surface area contributed by atoms with Gasteiger partial charge in [0.25, 0.3) is 5.91 Å². The highest BCUT2D eigenvalue weighted by Gasteiger charge is 2.61. The number of hydrogen-bond acceptors (Lipinski definition) is 6. The highest BCUT2D eigenvalue weighted by atomic mass is 19.4. The van der Waals surface area contributed by atoms with Crippen LogP contribution in [0, 0.1) is 11.6 Å². The molecule has 0 radical (unpaired) electrons. The Hall–Kier alpha value is -3.28. The van der Waals surface area contributed by atoms with E-state index < -0.39 is 59.5 Å². The molecule has 1 fully saturated rings. The van der Waals surface area contributed by atoms with Gasteiger partial charge in [0.2, 0.25) is 5.82 Å². The summed E-state index contributed by atoms with van der Waals surface area (Å²) in [5, 5.41) is 2.37. The number of halogens is 5. The molecular weight excluding hydrogens is 455 g/mol. The van der Waals surface area contributed by atoms with Crippen molar-refractivity contribution in [3.63, 3.8) is 0 Å². The molecule has 0 spiro atoms. The zero-order valence-electron chi connectivity index (χ0n) is 17.6. The monoisotopic (exact) mass is 474 g/mol. The number of aromatic nitrogens is 1. The normalized spacial score (nSPS) is 22.7. The van der Waals surface area contributed by atoms with Gasteiger partial charge in [0.15, 0.2) is 17.2 Å². The summed E-state index contributed by atoms with van der Waals surface area (Å²) >= 11 is 0. The van der Waals surface area contributed by atoms with Crippen LogP contribution in [0.2, 0.25) is 0 Å². The van der Waals surface area contributed by atoms with E-state index in [1.165, 1.54) is 12.3 Å². The predicted molar refractivity (Wildman–Crippen MR) is 104 cm³/mol. The Morgan fingerprint density at radius 2 is 1.91 bits per heavy atom. The van der Waals surface area contributed by atoms with E-state index in [4.69, 9.17) is 9.47 Å². The third-order valence-electron chi connectivity index (χ3n) is 5.33. The molecule has 1 amide bonds. The number of rotatable bonds is 5. The quantitative estimate of drug-likeness (QED) is 0.521. The molecular formula is C21H19F5N2O5. The minimum atomic E-state index is -4.86. The minimum absolute atomic E-state index is 0.0376. The van der Waals surface area contributed by atoms with E-state index in [1.807, 2.05) is 0 Å². The fraction of sp³-hybridized carbons (Fsp3) is 0.381. The van der Waals surface area contributed by atoms with Gasteiger partial charge in [-0.1, -0.05) is 6.07 Å². The van der Waals surface area contributed by atoms with E-state index in [9.17, 15) is 31.5 Å². The molecule has 1 saturated heterocycles. The first kappa shape index (κ1) is 24.4. The Balaban J connectivity index is 2.00. The van der Waals surface area contributed by atoms with Gasteiger partial charge in [-0.05, 0) is 31.5 Å².